The SMILES string of the molecule is CCCn1c(CCC(=O)NCCc2ccc(OC)cc2)nc2cc(S(N)(=O)=O)ccc21. The average molecular weight is 445 g/mol. The lowest BCUT2D eigenvalue weighted by Crippen LogP contribution is -2.26. The molecule has 2 aromatic carbocycles. The fourth-order valence-electron chi connectivity index (χ4n) is 3.45. The number of hydrogen-bond acceptors (Lipinski definition) is 5. The van der Waals surface area contributed by atoms with Crippen molar-refractivity contribution in [3.8, 4) is 5.75 Å². The van der Waals surface area contributed by atoms with Crippen LogP contribution in [-0.2, 0) is 34.2 Å². The van der Waals surface area contributed by atoms with Gasteiger partial charge in [0.15, 0.2) is 0 Å². The minimum atomic E-state index is -3.79. The number of imidazole rings is 1. The molecule has 166 valence electrons. The Hall–Kier alpha value is -2.91. The van der Waals surface area contributed by atoms with Crippen molar-refractivity contribution >= 4 is 27.0 Å². The van der Waals surface area contributed by atoms with Gasteiger partial charge in [0.25, 0.3) is 0 Å². The molecule has 0 saturated heterocycles. The summed E-state index contributed by atoms with van der Waals surface area (Å²) in [6.45, 7) is 3.34. The second kappa shape index (κ2) is 9.93. The summed E-state index contributed by atoms with van der Waals surface area (Å²) in [5.74, 6) is 1.52. The molecule has 0 fully saturated rings. The van der Waals surface area contributed by atoms with E-state index in [0.717, 1.165) is 42.0 Å². The van der Waals surface area contributed by atoms with Crippen molar-refractivity contribution in [3.63, 3.8) is 0 Å². The first-order chi connectivity index (χ1) is 14.8. The van der Waals surface area contributed by atoms with E-state index in [9.17, 15) is 13.2 Å². The van der Waals surface area contributed by atoms with Gasteiger partial charge in [-0.15, -0.1) is 0 Å². The Morgan fingerprint density at radius 2 is 1.90 bits per heavy atom. The Balaban J connectivity index is 1.62. The maximum Gasteiger partial charge on any atom is 0.238 e. The molecule has 1 aromatic heterocycles. The van der Waals surface area contributed by atoms with E-state index in [1.807, 2.05) is 28.8 Å². The van der Waals surface area contributed by atoms with Crippen LogP contribution in [0, 0.1) is 0 Å². The van der Waals surface area contributed by atoms with E-state index in [0.29, 0.717) is 24.9 Å². The van der Waals surface area contributed by atoms with Crippen molar-refractivity contribution in [2.45, 2.75) is 44.0 Å². The molecule has 8 nitrogen and oxygen atoms in total. The zero-order valence-corrected chi connectivity index (χ0v) is 18.6. The minimum Gasteiger partial charge on any atom is -0.497 e. The van der Waals surface area contributed by atoms with Crippen molar-refractivity contribution in [1.82, 2.24) is 14.9 Å². The van der Waals surface area contributed by atoms with Gasteiger partial charge in [-0.3, -0.25) is 4.79 Å². The lowest BCUT2D eigenvalue weighted by atomic mass is 10.1. The normalized spacial score (nSPS) is 11.6. The molecular formula is C22H28N4O4S. The molecule has 3 N–H and O–H groups in total. The molecule has 0 unspecified atom stereocenters. The van der Waals surface area contributed by atoms with Crippen molar-refractivity contribution in [3.05, 3.63) is 53.9 Å². The minimum absolute atomic E-state index is 0.0315. The van der Waals surface area contributed by atoms with Gasteiger partial charge < -0.3 is 14.6 Å². The molecular weight excluding hydrogens is 416 g/mol. The standard InChI is InChI=1S/C22H28N4O4S/c1-3-14-26-20-9-8-18(31(23,28)29)15-19(20)25-21(26)10-11-22(27)24-13-12-16-4-6-17(30-2)7-5-16/h4-9,15H,3,10-14H2,1-2H3,(H,24,27)(H2,23,28,29). The Morgan fingerprint density at radius 1 is 1.16 bits per heavy atom. The zero-order valence-electron chi connectivity index (χ0n) is 17.8. The molecule has 0 saturated carbocycles. The summed E-state index contributed by atoms with van der Waals surface area (Å²) < 4.78 is 30.4. The number of ether oxygens (including phenoxy) is 1. The molecule has 3 rings (SSSR count). The monoisotopic (exact) mass is 444 g/mol. The van der Waals surface area contributed by atoms with Crippen LogP contribution in [0.1, 0.15) is 31.2 Å². The van der Waals surface area contributed by atoms with Gasteiger partial charge in [0.05, 0.1) is 23.0 Å². The Bertz CT molecular complexity index is 1150. The Labute approximate surface area is 182 Å². The van der Waals surface area contributed by atoms with Crippen molar-refractivity contribution < 1.29 is 17.9 Å². The van der Waals surface area contributed by atoms with Crippen LogP contribution in [0.15, 0.2) is 47.4 Å². The number of hydrogen-bond donors (Lipinski definition) is 2. The summed E-state index contributed by atoms with van der Waals surface area (Å²) in [6, 6.07) is 12.4. The quantitative estimate of drug-likeness (QED) is 0.498. The summed E-state index contributed by atoms with van der Waals surface area (Å²) >= 11 is 0. The van der Waals surface area contributed by atoms with Gasteiger partial charge >= 0.3 is 0 Å². The number of amides is 1. The average Bonchev–Trinajstić information content (AvgIpc) is 3.09. The number of aromatic nitrogens is 2. The van der Waals surface area contributed by atoms with Crippen LogP contribution in [0.2, 0.25) is 0 Å². The van der Waals surface area contributed by atoms with Gasteiger partial charge in [-0.05, 0) is 48.7 Å². The van der Waals surface area contributed by atoms with Crippen LogP contribution in [-0.4, -0.2) is 37.5 Å². The van der Waals surface area contributed by atoms with E-state index in [2.05, 4.69) is 17.2 Å². The first-order valence-electron chi connectivity index (χ1n) is 10.2. The van der Waals surface area contributed by atoms with Crippen molar-refractivity contribution in [2.75, 3.05) is 13.7 Å². The molecule has 31 heavy (non-hydrogen) atoms. The van der Waals surface area contributed by atoms with E-state index >= 15 is 0 Å². The summed E-state index contributed by atoms with van der Waals surface area (Å²) in [4.78, 5) is 16.9. The maximum atomic E-state index is 12.3. The van der Waals surface area contributed by atoms with Crippen LogP contribution < -0.4 is 15.2 Å². The molecule has 0 aliphatic rings. The highest BCUT2D eigenvalue weighted by Gasteiger charge is 2.15. The van der Waals surface area contributed by atoms with E-state index in [4.69, 9.17) is 9.88 Å². The number of aryl methyl sites for hydroxylation is 2. The largest absolute Gasteiger partial charge is 0.497 e. The van der Waals surface area contributed by atoms with Crippen molar-refractivity contribution in [2.24, 2.45) is 5.14 Å². The highest BCUT2D eigenvalue weighted by atomic mass is 32.2. The van der Waals surface area contributed by atoms with Gasteiger partial charge in [-0.1, -0.05) is 19.1 Å². The summed E-state index contributed by atoms with van der Waals surface area (Å²) in [6.07, 6.45) is 2.40. The summed E-state index contributed by atoms with van der Waals surface area (Å²) in [5.41, 5.74) is 2.52. The summed E-state index contributed by atoms with van der Waals surface area (Å²) in [7, 11) is -2.17. The molecule has 0 aliphatic carbocycles. The first-order valence-corrected chi connectivity index (χ1v) is 11.8. The molecule has 1 heterocycles. The van der Waals surface area contributed by atoms with E-state index in [1.165, 1.54) is 12.1 Å². The summed E-state index contributed by atoms with van der Waals surface area (Å²) in [5, 5.41) is 8.17. The molecule has 0 spiro atoms. The lowest BCUT2D eigenvalue weighted by molar-refractivity contribution is -0.121. The van der Waals surface area contributed by atoms with Crippen LogP contribution in [0.4, 0.5) is 0 Å². The third kappa shape index (κ3) is 5.83. The number of rotatable bonds is 10. The fourth-order valence-corrected chi connectivity index (χ4v) is 3.99. The van der Waals surface area contributed by atoms with Gasteiger partial charge in [0.2, 0.25) is 15.9 Å². The number of nitrogens with one attached hydrogen (secondary N) is 1. The highest BCUT2D eigenvalue weighted by Crippen LogP contribution is 2.21. The maximum absolute atomic E-state index is 12.3. The number of methoxy groups -OCH3 is 1. The van der Waals surface area contributed by atoms with E-state index < -0.39 is 10.0 Å². The lowest BCUT2D eigenvalue weighted by Gasteiger charge is -2.09. The number of nitrogens with two attached hydrogens (primary N) is 1. The van der Waals surface area contributed by atoms with Crippen LogP contribution in [0.25, 0.3) is 11.0 Å². The molecule has 0 atom stereocenters. The highest BCUT2D eigenvalue weighted by molar-refractivity contribution is 7.89. The van der Waals surface area contributed by atoms with Gasteiger partial charge in [-0.25, -0.2) is 18.5 Å². The predicted octanol–water partition coefficient (Wildman–Crippen LogP) is 2.39. The molecule has 9 heteroatoms. The number of fused-ring (bicyclic) bond motifs is 1. The van der Waals surface area contributed by atoms with Crippen LogP contribution in [0.3, 0.4) is 0 Å². The second-order valence-corrected chi connectivity index (χ2v) is 8.88. The topological polar surface area (TPSA) is 116 Å². The smallest absolute Gasteiger partial charge is 0.238 e. The number of nitrogens with zero attached hydrogens (tertiary/aromatic N) is 2. The third-order valence-corrected chi connectivity index (χ3v) is 5.96. The van der Waals surface area contributed by atoms with Gasteiger partial charge in [0, 0.05) is 25.9 Å². The van der Waals surface area contributed by atoms with Crippen LogP contribution in [0.5, 0.6) is 5.75 Å². The molecule has 1 amide bonds. The number of carbonyl (C=O) groups excluding carboxylic acids is 1. The molecule has 0 radical (unpaired) electrons. The van der Waals surface area contributed by atoms with E-state index in [-0.39, 0.29) is 10.8 Å². The molecule has 0 aliphatic heterocycles. The first kappa shape index (κ1) is 22.8. The number of benzene rings is 2. The van der Waals surface area contributed by atoms with Gasteiger partial charge in [0.1, 0.15) is 11.6 Å². The Morgan fingerprint density at radius 3 is 2.55 bits per heavy atom. The number of primary sulfonamides is 1. The second-order valence-electron chi connectivity index (χ2n) is 7.32. The molecule has 0 bridgehead atoms. The Kier molecular flexibility index (Phi) is 7.29. The van der Waals surface area contributed by atoms with Gasteiger partial charge in [-0.2, -0.15) is 0 Å². The fraction of sp³-hybridized carbons (Fsp3) is 0.364. The van der Waals surface area contributed by atoms with Crippen molar-refractivity contribution in [1.29, 1.82) is 0 Å². The van der Waals surface area contributed by atoms with Crippen LogP contribution >= 0.6 is 0 Å². The van der Waals surface area contributed by atoms with E-state index in [1.54, 1.807) is 13.2 Å². The number of carbonyl (C=O) groups is 1. The third-order valence-electron chi connectivity index (χ3n) is 5.05. The number of sulfonamides is 1. The zero-order chi connectivity index (χ0) is 22.4. The molecule has 3 aromatic rings. The predicted molar refractivity (Wildman–Crippen MR) is 119 cm³/mol.